The maximum Gasteiger partial charge on any atom is 0.0659 e. The van der Waals surface area contributed by atoms with E-state index in [9.17, 15) is 0 Å². The maximum absolute atomic E-state index is 6.15. The predicted molar refractivity (Wildman–Crippen MR) is 57.1 cm³/mol. The van der Waals surface area contributed by atoms with Crippen molar-refractivity contribution >= 4 is 0 Å². The minimum absolute atomic E-state index is 0.0982. The van der Waals surface area contributed by atoms with Crippen molar-refractivity contribution in [1.29, 1.82) is 0 Å². The highest BCUT2D eigenvalue weighted by Gasteiger charge is 2.45. The van der Waals surface area contributed by atoms with Gasteiger partial charge in [-0.25, -0.2) is 0 Å². The summed E-state index contributed by atoms with van der Waals surface area (Å²) in [4.78, 5) is 0. The predicted octanol–water partition coefficient (Wildman–Crippen LogP) is 0.740. The molecule has 2 unspecified atom stereocenters. The molecule has 3 nitrogen and oxygen atoms in total. The SMILES string of the molecule is CC1(C)CC1CNCC1(N)CCOC1. The quantitative estimate of drug-likeness (QED) is 0.700. The van der Waals surface area contributed by atoms with Crippen LogP contribution < -0.4 is 11.1 Å². The topological polar surface area (TPSA) is 47.3 Å². The van der Waals surface area contributed by atoms with Crippen LogP contribution in [0.4, 0.5) is 0 Å². The van der Waals surface area contributed by atoms with Gasteiger partial charge in [-0.3, -0.25) is 0 Å². The van der Waals surface area contributed by atoms with Crippen LogP contribution in [-0.2, 0) is 4.74 Å². The van der Waals surface area contributed by atoms with Crippen LogP contribution in [0, 0.1) is 11.3 Å². The summed E-state index contributed by atoms with van der Waals surface area (Å²) < 4.78 is 5.31. The van der Waals surface area contributed by atoms with Gasteiger partial charge in [-0.15, -0.1) is 0 Å². The van der Waals surface area contributed by atoms with Crippen molar-refractivity contribution in [3.8, 4) is 0 Å². The third kappa shape index (κ3) is 2.27. The van der Waals surface area contributed by atoms with Gasteiger partial charge in [0.25, 0.3) is 0 Å². The molecule has 1 aliphatic heterocycles. The summed E-state index contributed by atoms with van der Waals surface area (Å²) in [6, 6.07) is 0. The third-order valence-electron chi connectivity index (χ3n) is 3.72. The molecule has 82 valence electrons. The largest absolute Gasteiger partial charge is 0.379 e. The Balaban J connectivity index is 1.63. The molecule has 2 atom stereocenters. The molecule has 0 bridgehead atoms. The van der Waals surface area contributed by atoms with Gasteiger partial charge in [0.2, 0.25) is 0 Å². The molecule has 0 amide bonds. The molecular formula is C11H22N2O. The number of rotatable bonds is 4. The first-order valence-corrected chi connectivity index (χ1v) is 5.59. The lowest BCUT2D eigenvalue weighted by molar-refractivity contribution is 0.177. The van der Waals surface area contributed by atoms with Crippen molar-refractivity contribution in [3.63, 3.8) is 0 Å². The van der Waals surface area contributed by atoms with Crippen molar-refractivity contribution in [3.05, 3.63) is 0 Å². The summed E-state index contributed by atoms with van der Waals surface area (Å²) >= 11 is 0. The van der Waals surface area contributed by atoms with Gasteiger partial charge in [0.1, 0.15) is 0 Å². The van der Waals surface area contributed by atoms with Crippen LogP contribution in [-0.4, -0.2) is 31.8 Å². The smallest absolute Gasteiger partial charge is 0.0659 e. The minimum Gasteiger partial charge on any atom is -0.379 e. The van der Waals surface area contributed by atoms with Crippen LogP contribution in [0.3, 0.4) is 0 Å². The molecule has 2 aliphatic rings. The summed E-state index contributed by atoms with van der Waals surface area (Å²) in [5.74, 6) is 0.855. The Hall–Kier alpha value is -0.120. The summed E-state index contributed by atoms with van der Waals surface area (Å²) in [5.41, 5.74) is 6.62. The van der Waals surface area contributed by atoms with Crippen LogP contribution in [0.1, 0.15) is 26.7 Å². The molecule has 14 heavy (non-hydrogen) atoms. The second-order valence-electron chi connectivity index (χ2n) is 5.69. The van der Waals surface area contributed by atoms with E-state index in [1.54, 1.807) is 0 Å². The summed E-state index contributed by atoms with van der Waals surface area (Å²) in [6.07, 6.45) is 2.35. The Bertz CT molecular complexity index is 209. The number of hydrogen-bond donors (Lipinski definition) is 2. The number of ether oxygens (including phenoxy) is 1. The fourth-order valence-corrected chi connectivity index (χ4v) is 2.18. The lowest BCUT2D eigenvalue weighted by Crippen LogP contribution is -2.49. The molecule has 1 saturated carbocycles. The van der Waals surface area contributed by atoms with Gasteiger partial charge >= 0.3 is 0 Å². The van der Waals surface area contributed by atoms with Crippen LogP contribution in [0.25, 0.3) is 0 Å². The second-order valence-corrected chi connectivity index (χ2v) is 5.69. The Morgan fingerprint density at radius 3 is 2.71 bits per heavy atom. The minimum atomic E-state index is -0.0982. The van der Waals surface area contributed by atoms with Crippen molar-refractivity contribution in [2.45, 2.75) is 32.2 Å². The van der Waals surface area contributed by atoms with Gasteiger partial charge in [-0.1, -0.05) is 13.8 Å². The highest BCUT2D eigenvalue weighted by Crippen LogP contribution is 2.50. The van der Waals surface area contributed by atoms with Crippen LogP contribution in [0.2, 0.25) is 0 Å². The first-order valence-electron chi connectivity index (χ1n) is 5.59. The average Bonchev–Trinajstić information content (AvgIpc) is 2.54. The highest BCUT2D eigenvalue weighted by atomic mass is 16.5. The molecule has 1 heterocycles. The zero-order valence-corrected chi connectivity index (χ0v) is 9.31. The molecule has 0 aromatic rings. The third-order valence-corrected chi connectivity index (χ3v) is 3.72. The van der Waals surface area contributed by atoms with Crippen molar-refractivity contribution < 1.29 is 4.74 Å². The molecule has 0 aromatic heterocycles. The molecule has 2 fully saturated rings. The molecule has 0 radical (unpaired) electrons. The van der Waals surface area contributed by atoms with E-state index in [0.717, 1.165) is 32.0 Å². The van der Waals surface area contributed by atoms with E-state index >= 15 is 0 Å². The highest BCUT2D eigenvalue weighted by molar-refractivity contribution is 4.97. The molecule has 0 aromatic carbocycles. The normalized spacial score (nSPS) is 40.1. The zero-order chi connectivity index (χ0) is 10.2. The van der Waals surface area contributed by atoms with E-state index < -0.39 is 0 Å². The van der Waals surface area contributed by atoms with Crippen molar-refractivity contribution in [1.82, 2.24) is 5.32 Å². The van der Waals surface area contributed by atoms with Crippen LogP contribution >= 0.6 is 0 Å². The first-order chi connectivity index (χ1) is 6.52. The molecule has 1 aliphatic carbocycles. The fourth-order valence-electron chi connectivity index (χ4n) is 2.18. The Morgan fingerprint density at radius 1 is 1.50 bits per heavy atom. The number of nitrogens with one attached hydrogen (secondary N) is 1. The van der Waals surface area contributed by atoms with Gasteiger partial charge in [-0.2, -0.15) is 0 Å². The monoisotopic (exact) mass is 198 g/mol. The Kier molecular flexibility index (Phi) is 2.58. The van der Waals surface area contributed by atoms with Gasteiger partial charge in [0.15, 0.2) is 0 Å². The maximum atomic E-state index is 6.15. The summed E-state index contributed by atoms with van der Waals surface area (Å²) in [5, 5.41) is 3.48. The Labute approximate surface area is 86.4 Å². The van der Waals surface area contributed by atoms with Crippen molar-refractivity contribution in [2.24, 2.45) is 17.1 Å². The zero-order valence-electron chi connectivity index (χ0n) is 9.31. The van der Waals surface area contributed by atoms with E-state index in [4.69, 9.17) is 10.5 Å². The molecule has 1 saturated heterocycles. The number of hydrogen-bond acceptors (Lipinski definition) is 3. The van der Waals surface area contributed by atoms with E-state index in [-0.39, 0.29) is 5.54 Å². The summed E-state index contributed by atoms with van der Waals surface area (Å²) in [6.45, 7) is 8.22. The van der Waals surface area contributed by atoms with Crippen molar-refractivity contribution in [2.75, 3.05) is 26.3 Å². The lowest BCUT2D eigenvalue weighted by atomic mass is 10.0. The van der Waals surface area contributed by atoms with Crippen LogP contribution in [0.15, 0.2) is 0 Å². The summed E-state index contributed by atoms with van der Waals surface area (Å²) in [7, 11) is 0. The van der Waals surface area contributed by atoms with Gasteiger partial charge in [0.05, 0.1) is 12.1 Å². The average molecular weight is 198 g/mol. The van der Waals surface area contributed by atoms with E-state index in [2.05, 4.69) is 19.2 Å². The van der Waals surface area contributed by atoms with E-state index in [0.29, 0.717) is 12.0 Å². The number of nitrogens with two attached hydrogens (primary N) is 1. The van der Waals surface area contributed by atoms with E-state index in [1.165, 1.54) is 6.42 Å². The second kappa shape index (κ2) is 3.47. The molecule has 3 N–H and O–H groups in total. The molecule has 3 heteroatoms. The van der Waals surface area contributed by atoms with Crippen LogP contribution in [0.5, 0.6) is 0 Å². The molecule has 2 rings (SSSR count). The van der Waals surface area contributed by atoms with Gasteiger partial charge in [-0.05, 0) is 30.7 Å². The fraction of sp³-hybridized carbons (Fsp3) is 1.00. The standard InChI is InChI=1S/C11H22N2O/c1-10(2)5-9(10)6-13-7-11(12)3-4-14-8-11/h9,13H,3-8,12H2,1-2H3. The Morgan fingerprint density at radius 2 is 2.21 bits per heavy atom. The first kappa shape index (κ1) is 10.4. The van der Waals surface area contributed by atoms with Gasteiger partial charge in [0, 0.05) is 13.2 Å². The van der Waals surface area contributed by atoms with E-state index in [1.807, 2.05) is 0 Å². The molecular weight excluding hydrogens is 176 g/mol. The van der Waals surface area contributed by atoms with Gasteiger partial charge < -0.3 is 15.8 Å². The molecule has 0 spiro atoms. The lowest BCUT2D eigenvalue weighted by Gasteiger charge is -2.22.